The molecule has 1 aliphatic rings. The van der Waals surface area contributed by atoms with Crippen LogP contribution in [0.2, 0.25) is 0 Å². The summed E-state index contributed by atoms with van der Waals surface area (Å²) in [6, 6.07) is 21.2. The number of carbonyl (C=O) groups excluding carboxylic acids is 1. The van der Waals surface area contributed by atoms with Crippen LogP contribution >= 0.6 is 11.3 Å². The number of fused-ring (bicyclic) bond motifs is 1. The first-order valence-corrected chi connectivity index (χ1v) is 13.1. The van der Waals surface area contributed by atoms with Crippen molar-refractivity contribution in [1.29, 1.82) is 0 Å². The average Bonchev–Trinajstić information content (AvgIpc) is 3.32. The van der Waals surface area contributed by atoms with Gasteiger partial charge in [0.1, 0.15) is 10.8 Å². The van der Waals surface area contributed by atoms with Crippen molar-refractivity contribution in [2.75, 3.05) is 16.2 Å². The molecule has 0 bridgehead atoms. The van der Waals surface area contributed by atoms with Crippen molar-refractivity contribution in [2.45, 2.75) is 24.8 Å². The lowest BCUT2D eigenvalue weighted by atomic mass is 10.1. The third kappa shape index (κ3) is 4.62. The molecule has 35 heavy (non-hydrogen) atoms. The van der Waals surface area contributed by atoms with Crippen LogP contribution < -0.4 is 14.4 Å². The second kappa shape index (κ2) is 9.12. The summed E-state index contributed by atoms with van der Waals surface area (Å²) in [7, 11) is -3.92. The van der Waals surface area contributed by atoms with Gasteiger partial charge in [0, 0.05) is 5.56 Å². The monoisotopic (exact) mass is 506 g/mol. The Hall–Kier alpha value is -3.76. The summed E-state index contributed by atoms with van der Waals surface area (Å²) in [6.07, 6.45) is -1.07. The zero-order valence-electron chi connectivity index (χ0n) is 19.0. The predicted molar refractivity (Wildman–Crippen MR) is 135 cm³/mol. The Morgan fingerprint density at radius 2 is 1.71 bits per heavy atom. The summed E-state index contributed by atoms with van der Waals surface area (Å²) in [6.45, 7) is 3.69. The number of aromatic nitrogens is 2. The van der Waals surface area contributed by atoms with Crippen molar-refractivity contribution in [3.05, 3.63) is 83.9 Å². The van der Waals surface area contributed by atoms with Gasteiger partial charge >= 0.3 is 0 Å². The SMILES string of the molecule is Cc1ccc(-c2nnc(NC(=O)[C@@H]3CN(S(=O)(=O)c4ccccc4)c4cc(C)ccc4O3)s2)cc1. The third-order valence-electron chi connectivity index (χ3n) is 5.56. The van der Waals surface area contributed by atoms with Crippen molar-refractivity contribution in [1.82, 2.24) is 10.2 Å². The number of nitrogens with one attached hydrogen (secondary N) is 1. The molecule has 1 atom stereocenters. The Kier molecular flexibility index (Phi) is 6.00. The minimum Gasteiger partial charge on any atom is -0.476 e. The molecular formula is C25H22N4O4S2. The van der Waals surface area contributed by atoms with Crippen LogP contribution in [0.5, 0.6) is 5.75 Å². The van der Waals surface area contributed by atoms with Gasteiger partial charge in [0.05, 0.1) is 17.1 Å². The van der Waals surface area contributed by atoms with E-state index in [0.717, 1.165) is 16.7 Å². The van der Waals surface area contributed by atoms with E-state index >= 15 is 0 Å². The molecule has 4 aromatic rings. The van der Waals surface area contributed by atoms with Gasteiger partial charge in [-0.05, 0) is 43.7 Å². The van der Waals surface area contributed by atoms with Crippen LogP contribution in [0.15, 0.2) is 77.7 Å². The van der Waals surface area contributed by atoms with E-state index in [0.29, 0.717) is 21.6 Å². The highest BCUT2D eigenvalue weighted by Crippen LogP contribution is 2.38. The van der Waals surface area contributed by atoms with E-state index in [1.54, 1.807) is 30.3 Å². The largest absolute Gasteiger partial charge is 0.476 e. The van der Waals surface area contributed by atoms with E-state index < -0.39 is 22.0 Å². The molecule has 10 heteroatoms. The van der Waals surface area contributed by atoms with Gasteiger partial charge in [0.25, 0.3) is 15.9 Å². The topological polar surface area (TPSA) is 101 Å². The number of nitrogens with zero attached hydrogens (tertiary/aromatic N) is 3. The summed E-state index contributed by atoms with van der Waals surface area (Å²) in [5.41, 5.74) is 3.30. The Morgan fingerprint density at radius 3 is 2.46 bits per heavy atom. The lowest BCUT2D eigenvalue weighted by Crippen LogP contribution is -2.48. The van der Waals surface area contributed by atoms with Crippen molar-refractivity contribution in [3.63, 3.8) is 0 Å². The highest BCUT2D eigenvalue weighted by Gasteiger charge is 2.38. The zero-order valence-corrected chi connectivity index (χ0v) is 20.6. The lowest BCUT2D eigenvalue weighted by molar-refractivity contribution is -0.122. The van der Waals surface area contributed by atoms with E-state index in [9.17, 15) is 13.2 Å². The van der Waals surface area contributed by atoms with E-state index in [1.807, 2.05) is 44.2 Å². The first-order valence-electron chi connectivity index (χ1n) is 10.9. The fourth-order valence-electron chi connectivity index (χ4n) is 3.72. The van der Waals surface area contributed by atoms with Gasteiger partial charge < -0.3 is 4.74 Å². The molecule has 0 spiro atoms. The fourth-order valence-corrected chi connectivity index (χ4v) is 5.96. The Morgan fingerprint density at radius 1 is 1.00 bits per heavy atom. The molecule has 2 heterocycles. The summed E-state index contributed by atoms with van der Waals surface area (Å²) in [4.78, 5) is 13.3. The van der Waals surface area contributed by atoms with Gasteiger partial charge in [-0.3, -0.25) is 14.4 Å². The molecule has 0 aliphatic carbocycles. The second-order valence-electron chi connectivity index (χ2n) is 8.19. The number of amides is 1. The smallest absolute Gasteiger partial charge is 0.269 e. The number of aryl methyl sites for hydroxylation is 2. The number of hydrogen-bond acceptors (Lipinski definition) is 7. The summed E-state index contributed by atoms with van der Waals surface area (Å²) in [5, 5.41) is 11.9. The predicted octanol–water partition coefficient (Wildman–Crippen LogP) is 4.42. The van der Waals surface area contributed by atoms with Gasteiger partial charge in [0.15, 0.2) is 6.10 Å². The normalized spacial score (nSPS) is 15.3. The fraction of sp³-hybridized carbons (Fsp3) is 0.160. The Bertz CT molecular complexity index is 1490. The molecule has 5 rings (SSSR count). The molecule has 1 aromatic heterocycles. The molecule has 0 saturated heterocycles. The molecule has 8 nitrogen and oxygen atoms in total. The van der Waals surface area contributed by atoms with Crippen molar-refractivity contribution < 1.29 is 17.9 Å². The number of benzene rings is 3. The minimum absolute atomic E-state index is 0.139. The Balaban J connectivity index is 1.41. The minimum atomic E-state index is -3.92. The van der Waals surface area contributed by atoms with Crippen molar-refractivity contribution in [3.8, 4) is 16.3 Å². The molecule has 1 N–H and O–H groups in total. The maximum atomic E-state index is 13.5. The number of hydrogen-bond donors (Lipinski definition) is 1. The number of sulfonamides is 1. The number of carbonyl (C=O) groups is 1. The molecule has 0 fully saturated rings. The quantitative estimate of drug-likeness (QED) is 0.430. The molecule has 0 radical (unpaired) electrons. The molecular weight excluding hydrogens is 484 g/mol. The maximum absolute atomic E-state index is 13.5. The van der Waals surface area contributed by atoms with Gasteiger partial charge in [-0.25, -0.2) is 8.42 Å². The molecule has 0 saturated carbocycles. The highest BCUT2D eigenvalue weighted by atomic mass is 32.2. The van der Waals surface area contributed by atoms with Gasteiger partial charge in [-0.1, -0.05) is 65.4 Å². The summed E-state index contributed by atoms with van der Waals surface area (Å²) < 4.78 is 34.1. The Labute approximate surface area is 207 Å². The van der Waals surface area contributed by atoms with E-state index in [-0.39, 0.29) is 11.4 Å². The van der Waals surface area contributed by atoms with Gasteiger partial charge in [-0.15, -0.1) is 10.2 Å². The first-order chi connectivity index (χ1) is 16.8. The number of ether oxygens (including phenoxy) is 1. The van der Waals surface area contributed by atoms with Crippen LogP contribution in [0.3, 0.4) is 0 Å². The second-order valence-corrected chi connectivity index (χ2v) is 11.0. The van der Waals surface area contributed by atoms with Crippen LogP contribution in [0.1, 0.15) is 11.1 Å². The van der Waals surface area contributed by atoms with E-state index in [1.165, 1.54) is 27.8 Å². The molecule has 1 amide bonds. The van der Waals surface area contributed by atoms with Gasteiger partial charge in [-0.2, -0.15) is 0 Å². The summed E-state index contributed by atoms with van der Waals surface area (Å²) in [5.74, 6) is -0.185. The zero-order chi connectivity index (χ0) is 24.6. The van der Waals surface area contributed by atoms with Crippen LogP contribution in [-0.2, 0) is 14.8 Å². The van der Waals surface area contributed by atoms with Crippen LogP contribution in [-0.4, -0.2) is 37.2 Å². The first kappa shape index (κ1) is 23.0. The van der Waals surface area contributed by atoms with E-state index in [2.05, 4.69) is 15.5 Å². The van der Waals surface area contributed by atoms with Gasteiger partial charge in [0.2, 0.25) is 5.13 Å². The molecule has 1 aliphatic heterocycles. The highest BCUT2D eigenvalue weighted by molar-refractivity contribution is 7.92. The van der Waals surface area contributed by atoms with Crippen molar-refractivity contribution >= 4 is 38.1 Å². The van der Waals surface area contributed by atoms with Crippen LogP contribution in [0, 0.1) is 13.8 Å². The van der Waals surface area contributed by atoms with Crippen molar-refractivity contribution in [2.24, 2.45) is 0 Å². The average molecular weight is 507 g/mol. The van der Waals surface area contributed by atoms with Crippen LogP contribution in [0.25, 0.3) is 10.6 Å². The molecule has 0 unspecified atom stereocenters. The summed E-state index contributed by atoms with van der Waals surface area (Å²) >= 11 is 1.23. The number of anilines is 2. The lowest BCUT2D eigenvalue weighted by Gasteiger charge is -2.34. The standard InChI is InChI=1S/C25H22N4O4S2/c1-16-8-11-18(12-9-16)24-27-28-25(34-24)26-23(30)22-15-29(20-14-17(2)10-13-21(20)33-22)35(31,32)19-6-4-3-5-7-19/h3-14,22H,15H2,1-2H3,(H,26,28,30)/t22-/m0/s1. The molecule has 3 aromatic carbocycles. The van der Waals surface area contributed by atoms with E-state index in [4.69, 9.17) is 4.74 Å². The molecule has 178 valence electrons. The van der Waals surface area contributed by atoms with Crippen LogP contribution in [0.4, 0.5) is 10.8 Å². The number of rotatable bonds is 5. The maximum Gasteiger partial charge on any atom is 0.269 e. The third-order valence-corrected chi connectivity index (χ3v) is 8.24.